The van der Waals surface area contributed by atoms with Crippen molar-refractivity contribution in [3.8, 4) is 0 Å². The highest BCUT2D eigenvalue weighted by atomic mass is 35.5. The summed E-state index contributed by atoms with van der Waals surface area (Å²) in [5.74, 6) is -0.0219. The van der Waals surface area contributed by atoms with Gasteiger partial charge in [-0.15, -0.1) is 11.6 Å². The number of rotatable bonds is 5. The topological polar surface area (TPSA) is 29.1 Å². The Morgan fingerprint density at radius 2 is 1.83 bits per heavy atom. The van der Waals surface area contributed by atoms with E-state index in [1.165, 1.54) is 0 Å². The Hall–Kier alpha value is -1.23. The Morgan fingerprint density at radius 1 is 1.22 bits per heavy atom. The van der Waals surface area contributed by atoms with Gasteiger partial charge in [0.25, 0.3) is 5.91 Å². The first kappa shape index (κ1) is 14.8. The molecule has 1 N–H and O–H groups in total. The van der Waals surface area contributed by atoms with Gasteiger partial charge in [-0.1, -0.05) is 12.1 Å². The molecule has 1 amide bonds. The van der Waals surface area contributed by atoms with E-state index in [1.807, 2.05) is 0 Å². The standard InChI is InChI=1S/C12H13ClF3NO/c13-8-9-2-4-10(5-3-9)11(18)17-7-1-6-12(14,15)16/h2-5H,1,6-8H2,(H,17,18). The second kappa shape index (κ2) is 6.64. The Balaban J connectivity index is 2.36. The highest BCUT2D eigenvalue weighted by Crippen LogP contribution is 2.20. The molecular formula is C12H13ClF3NO. The molecule has 100 valence electrons. The lowest BCUT2D eigenvalue weighted by atomic mass is 10.1. The van der Waals surface area contributed by atoms with E-state index in [1.54, 1.807) is 24.3 Å². The van der Waals surface area contributed by atoms with Crippen molar-refractivity contribution in [3.63, 3.8) is 0 Å². The lowest BCUT2D eigenvalue weighted by molar-refractivity contribution is -0.135. The molecule has 0 unspecified atom stereocenters. The lowest BCUT2D eigenvalue weighted by Gasteiger charge is -2.07. The number of benzene rings is 1. The third-order valence-electron chi connectivity index (χ3n) is 2.29. The van der Waals surface area contributed by atoms with Crippen LogP contribution in [0.3, 0.4) is 0 Å². The molecule has 1 aromatic carbocycles. The molecule has 0 spiro atoms. The molecular weight excluding hydrogens is 267 g/mol. The van der Waals surface area contributed by atoms with E-state index in [-0.39, 0.29) is 18.9 Å². The van der Waals surface area contributed by atoms with Gasteiger partial charge in [0.2, 0.25) is 0 Å². The Kier molecular flexibility index (Phi) is 5.47. The van der Waals surface area contributed by atoms with Gasteiger partial charge in [0, 0.05) is 24.4 Å². The molecule has 6 heteroatoms. The van der Waals surface area contributed by atoms with Crippen LogP contribution in [0.4, 0.5) is 13.2 Å². The minimum absolute atomic E-state index is 0.00952. The molecule has 0 saturated heterocycles. The molecule has 0 aliphatic heterocycles. The largest absolute Gasteiger partial charge is 0.389 e. The van der Waals surface area contributed by atoms with Gasteiger partial charge in [-0.2, -0.15) is 13.2 Å². The molecule has 0 aliphatic carbocycles. The normalized spacial score (nSPS) is 11.3. The van der Waals surface area contributed by atoms with Gasteiger partial charge in [-0.3, -0.25) is 4.79 Å². The monoisotopic (exact) mass is 279 g/mol. The van der Waals surface area contributed by atoms with Crippen LogP contribution in [-0.4, -0.2) is 18.6 Å². The number of carbonyl (C=O) groups excluding carboxylic acids is 1. The van der Waals surface area contributed by atoms with Crippen molar-refractivity contribution in [3.05, 3.63) is 35.4 Å². The Morgan fingerprint density at radius 3 is 2.33 bits per heavy atom. The van der Waals surface area contributed by atoms with E-state index >= 15 is 0 Å². The van der Waals surface area contributed by atoms with Gasteiger partial charge in [0.15, 0.2) is 0 Å². The van der Waals surface area contributed by atoms with Crippen LogP contribution < -0.4 is 5.32 Å². The molecule has 0 bridgehead atoms. The van der Waals surface area contributed by atoms with Gasteiger partial charge < -0.3 is 5.32 Å². The van der Waals surface area contributed by atoms with Crippen LogP contribution in [0.25, 0.3) is 0 Å². The molecule has 0 atom stereocenters. The zero-order valence-electron chi connectivity index (χ0n) is 9.56. The molecule has 18 heavy (non-hydrogen) atoms. The summed E-state index contributed by atoms with van der Waals surface area (Å²) in [4.78, 5) is 11.5. The fraction of sp³-hybridized carbons (Fsp3) is 0.417. The molecule has 0 saturated carbocycles. The summed E-state index contributed by atoms with van der Waals surface area (Å²) < 4.78 is 35.6. The van der Waals surface area contributed by atoms with Crippen molar-refractivity contribution in [2.45, 2.75) is 24.9 Å². The molecule has 2 nitrogen and oxygen atoms in total. The summed E-state index contributed by atoms with van der Waals surface area (Å²) in [6.07, 6.45) is -5.18. The molecule has 0 aliphatic rings. The first-order valence-corrected chi connectivity index (χ1v) is 5.95. The number of halogens is 4. The minimum atomic E-state index is -4.17. The Labute approximate surface area is 108 Å². The van der Waals surface area contributed by atoms with Gasteiger partial charge in [-0.05, 0) is 24.1 Å². The number of hydrogen-bond acceptors (Lipinski definition) is 1. The second-order valence-electron chi connectivity index (χ2n) is 3.81. The summed E-state index contributed by atoms with van der Waals surface area (Å²) in [7, 11) is 0. The van der Waals surface area contributed by atoms with Crippen LogP contribution in [0, 0.1) is 0 Å². The van der Waals surface area contributed by atoms with Crippen molar-refractivity contribution < 1.29 is 18.0 Å². The van der Waals surface area contributed by atoms with E-state index in [0.717, 1.165) is 5.56 Å². The fourth-order valence-corrected chi connectivity index (χ4v) is 1.52. The number of hydrogen-bond donors (Lipinski definition) is 1. The summed E-state index contributed by atoms with van der Waals surface area (Å²) in [5, 5.41) is 2.44. The van der Waals surface area contributed by atoms with Crippen molar-refractivity contribution in [1.29, 1.82) is 0 Å². The third kappa shape index (κ3) is 5.40. The van der Waals surface area contributed by atoms with Crippen LogP contribution in [0.2, 0.25) is 0 Å². The van der Waals surface area contributed by atoms with Crippen molar-refractivity contribution >= 4 is 17.5 Å². The van der Waals surface area contributed by atoms with E-state index in [0.29, 0.717) is 11.4 Å². The van der Waals surface area contributed by atoms with Crippen LogP contribution in [-0.2, 0) is 5.88 Å². The third-order valence-corrected chi connectivity index (χ3v) is 2.60. The summed E-state index contributed by atoms with van der Waals surface area (Å²) >= 11 is 5.60. The van der Waals surface area contributed by atoms with Crippen molar-refractivity contribution in [1.82, 2.24) is 5.32 Å². The molecule has 0 fully saturated rings. The smallest absolute Gasteiger partial charge is 0.352 e. The molecule has 0 aromatic heterocycles. The van der Waals surface area contributed by atoms with Crippen LogP contribution in [0.5, 0.6) is 0 Å². The predicted octanol–water partition coefficient (Wildman–Crippen LogP) is 3.50. The van der Waals surface area contributed by atoms with Gasteiger partial charge >= 0.3 is 6.18 Å². The van der Waals surface area contributed by atoms with E-state index in [4.69, 9.17) is 11.6 Å². The van der Waals surface area contributed by atoms with Gasteiger partial charge in [-0.25, -0.2) is 0 Å². The second-order valence-corrected chi connectivity index (χ2v) is 4.07. The SMILES string of the molecule is O=C(NCCCC(F)(F)F)c1ccc(CCl)cc1. The maximum absolute atomic E-state index is 11.9. The highest BCUT2D eigenvalue weighted by Gasteiger charge is 2.25. The summed E-state index contributed by atoms with van der Waals surface area (Å²) in [5.41, 5.74) is 1.29. The first-order valence-electron chi connectivity index (χ1n) is 5.42. The van der Waals surface area contributed by atoms with E-state index in [2.05, 4.69) is 5.32 Å². The molecule has 1 rings (SSSR count). The zero-order valence-corrected chi connectivity index (χ0v) is 10.3. The first-order chi connectivity index (χ1) is 8.42. The maximum Gasteiger partial charge on any atom is 0.389 e. The summed E-state index contributed by atoms with van der Waals surface area (Å²) in [6.45, 7) is 0.00952. The van der Waals surface area contributed by atoms with E-state index in [9.17, 15) is 18.0 Å². The van der Waals surface area contributed by atoms with Crippen molar-refractivity contribution in [2.24, 2.45) is 0 Å². The molecule has 1 aromatic rings. The summed E-state index contributed by atoms with van der Waals surface area (Å²) in [6, 6.07) is 6.60. The highest BCUT2D eigenvalue weighted by molar-refractivity contribution is 6.17. The Bertz CT molecular complexity index is 389. The number of carbonyl (C=O) groups is 1. The quantitative estimate of drug-likeness (QED) is 0.649. The van der Waals surface area contributed by atoms with Gasteiger partial charge in [0.05, 0.1) is 0 Å². The number of alkyl halides is 4. The van der Waals surface area contributed by atoms with Crippen LogP contribution in [0.1, 0.15) is 28.8 Å². The van der Waals surface area contributed by atoms with Crippen LogP contribution in [0.15, 0.2) is 24.3 Å². The fourth-order valence-electron chi connectivity index (χ4n) is 1.34. The average Bonchev–Trinajstić information content (AvgIpc) is 2.33. The van der Waals surface area contributed by atoms with Crippen molar-refractivity contribution in [2.75, 3.05) is 6.54 Å². The molecule has 0 heterocycles. The van der Waals surface area contributed by atoms with Gasteiger partial charge in [0.1, 0.15) is 0 Å². The van der Waals surface area contributed by atoms with Crippen LogP contribution >= 0.6 is 11.6 Å². The minimum Gasteiger partial charge on any atom is -0.352 e. The molecule has 0 radical (unpaired) electrons. The zero-order chi connectivity index (χ0) is 13.6. The average molecular weight is 280 g/mol. The predicted molar refractivity (Wildman–Crippen MR) is 63.6 cm³/mol. The lowest BCUT2D eigenvalue weighted by Crippen LogP contribution is -2.25. The number of amides is 1. The number of nitrogens with one attached hydrogen (secondary N) is 1. The maximum atomic E-state index is 11.9. The van der Waals surface area contributed by atoms with E-state index < -0.39 is 12.6 Å².